The molecule has 0 aromatic heterocycles. The molecule has 46 heavy (non-hydrogen) atoms. The fourth-order valence-electron chi connectivity index (χ4n) is 3.57. The molecule has 0 aliphatic rings. The summed E-state index contributed by atoms with van der Waals surface area (Å²) < 4.78 is 32.3. The van der Waals surface area contributed by atoms with E-state index in [0.29, 0.717) is 21.9 Å². The molecule has 0 heterocycles. The lowest BCUT2D eigenvalue weighted by molar-refractivity contribution is -0.134. The Morgan fingerprint density at radius 1 is 0.543 bits per heavy atom. The van der Waals surface area contributed by atoms with E-state index in [0.717, 1.165) is 25.0 Å². The van der Waals surface area contributed by atoms with Crippen molar-refractivity contribution in [2.75, 3.05) is 0 Å². The van der Waals surface area contributed by atoms with Crippen LogP contribution >= 0.6 is 0 Å². The van der Waals surface area contributed by atoms with Crippen LogP contribution in [0.5, 0.6) is 23.0 Å². The summed E-state index contributed by atoms with van der Waals surface area (Å²) in [5.41, 5.74) is 2.04. The van der Waals surface area contributed by atoms with Crippen LogP contribution < -0.4 is 18.9 Å². The topological polar surface area (TPSA) is 124 Å². The smallest absolute Gasteiger partial charge is 0.338 e. The average Bonchev–Trinajstić information content (AvgIpc) is 3.01. The molecule has 0 fully saturated rings. The summed E-state index contributed by atoms with van der Waals surface area (Å²) in [7, 11) is 0. The van der Waals surface area contributed by atoms with E-state index >= 15 is 0 Å². The molecule has 0 aliphatic carbocycles. The second-order valence-electron chi connectivity index (χ2n) is 9.95. The maximum atomic E-state index is 12.5. The fraction of sp³-hybridized carbons (Fsp3) is 0.111. The summed E-state index contributed by atoms with van der Waals surface area (Å²) in [6.07, 6.45) is 4.32. The number of carbonyl (C=O) groups is 4. The van der Waals surface area contributed by atoms with Crippen LogP contribution in [0.25, 0.3) is 21.9 Å². The lowest BCUT2D eigenvalue weighted by atomic mass is 9.97. The zero-order valence-electron chi connectivity index (χ0n) is 25.8. The second-order valence-corrected chi connectivity index (χ2v) is 9.95. The molecule has 0 radical (unpaired) electrons. The van der Waals surface area contributed by atoms with Gasteiger partial charge in [0.1, 0.15) is 25.0 Å². The summed E-state index contributed by atoms with van der Waals surface area (Å²) in [5, 5.41) is 1.20. The van der Waals surface area contributed by atoms with Crippen molar-refractivity contribution in [3.05, 3.63) is 122 Å². The van der Waals surface area contributed by atoms with Gasteiger partial charge in [0.25, 0.3) is 0 Å². The van der Waals surface area contributed by atoms with Crippen molar-refractivity contribution >= 4 is 34.6 Å². The standard InChI is InChI=1S/C36H32O10/c1-21(2)33(37)43-18-16-41-29-14-12-25(20-31(29)46-36(40)24(7)8)26-10-9-11-28-27(26)13-15-30(45-35(39)23(5)6)32(28)42-17-19-44-34(38)22(3)4/h9-20H,1,3,5,7H2,2,4,6,8H3/b18-16-,19-17-. The summed E-state index contributed by atoms with van der Waals surface area (Å²) >= 11 is 0. The Bertz CT molecular complexity index is 1820. The largest absolute Gasteiger partial charge is 0.458 e. The van der Waals surface area contributed by atoms with Crippen LogP contribution in [-0.4, -0.2) is 23.9 Å². The van der Waals surface area contributed by atoms with Crippen LogP contribution in [0.15, 0.2) is 122 Å². The van der Waals surface area contributed by atoms with E-state index in [4.69, 9.17) is 28.4 Å². The van der Waals surface area contributed by atoms with Gasteiger partial charge in [-0.2, -0.15) is 0 Å². The maximum absolute atomic E-state index is 12.5. The Labute approximate surface area is 266 Å². The predicted octanol–water partition coefficient (Wildman–Crippen LogP) is 7.41. The van der Waals surface area contributed by atoms with Gasteiger partial charge in [0.05, 0.1) is 0 Å². The van der Waals surface area contributed by atoms with E-state index in [1.165, 1.54) is 27.7 Å². The fourth-order valence-corrected chi connectivity index (χ4v) is 3.57. The average molecular weight is 625 g/mol. The van der Waals surface area contributed by atoms with Crippen LogP contribution in [0.3, 0.4) is 0 Å². The minimum Gasteiger partial charge on any atom is -0.458 e. The van der Waals surface area contributed by atoms with Crippen molar-refractivity contribution in [1.29, 1.82) is 0 Å². The van der Waals surface area contributed by atoms with Gasteiger partial charge in [-0.1, -0.05) is 50.6 Å². The molecule has 0 atom stereocenters. The number of fused-ring (bicyclic) bond motifs is 1. The Kier molecular flexibility index (Phi) is 11.6. The first-order valence-corrected chi connectivity index (χ1v) is 13.6. The predicted molar refractivity (Wildman–Crippen MR) is 172 cm³/mol. The third kappa shape index (κ3) is 8.93. The summed E-state index contributed by atoms with van der Waals surface area (Å²) in [6, 6.07) is 13.5. The van der Waals surface area contributed by atoms with Gasteiger partial charge >= 0.3 is 23.9 Å². The molecule has 0 bridgehead atoms. The molecule has 3 rings (SSSR count). The molecule has 10 heteroatoms. The number of carbonyl (C=O) groups excluding carboxylic acids is 4. The normalized spacial score (nSPS) is 10.7. The van der Waals surface area contributed by atoms with Gasteiger partial charge in [-0.25, -0.2) is 19.2 Å². The number of ether oxygens (including phenoxy) is 6. The van der Waals surface area contributed by atoms with Crippen LogP contribution in [0.4, 0.5) is 0 Å². The van der Waals surface area contributed by atoms with Gasteiger partial charge in [0, 0.05) is 27.7 Å². The highest BCUT2D eigenvalue weighted by Gasteiger charge is 2.18. The van der Waals surface area contributed by atoms with Gasteiger partial charge in [-0.15, -0.1) is 0 Å². The molecule has 0 unspecified atom stereocenters. The van der Waals surface area contributed by atoms with E-state index in [1.807, 2.05) is 6.07 Å². The van der Waals surface area contributed by atoms with Crippen LogP contribution in [0.2, 0.25) is 0 Å². The first-order chi connectivity index (χ1) is 21.8. The van der Waals surface area contributed by atoms with Crippen molar-refractivity contribution in [3.8, 4) is 34.1 Å². The van der Waals surface area contributed by atoms with E-state index in [-0.39, 0.29) is 45.3 Å². The van der Waals surface area contributed by atoms with Gasteiger partial charge in [0.2, 0.25) is 0 Å². The van der Waals surface area contributed by atoms with Crippen molar-refractivity contribution in [3.63, 3.8) is 0 Å². The summed E-state index contributed by atoms with van der Waals surface area (Å²) in [6.45, 7) is 20.3. The lowest BCUT2D eigenvalue weighted by Crippen LogP contribution is -2.09. The minimum atomic E-state index is -0.684. The third-order valence-corrected chi connectivity index (χ3v) is 5.87. The highest BCUT2D eigenvalue weighted by atomic mass is 16.6. The molecule has 0 N–H and O–H groups in total. The molecule has 0 saturated heterocycles. The molecule has 3 aromatic rings. The van der Waals surface area contributed by atoms with Crippen LogP contribution in [0, 0.1) is 0 Å². The van der Waals surface area contributed by atoms with Crippen molar-refractivity contribution in [2.24, 2.45) is 0 Å². The highest BCUT2D eigenvalue weighted by molar-refractivity contribution is 6.02. The number of benzene rings is 3. The van der Waals surface area contributed by atoms with E-state index in [1.54, 1.807) is 42.5 Å². The van der Waals surface area contributed by atoms with E-state index in [2.05, 4.69) is 26.3 Å². The molecule has 3 aromatic carbocycles. The molecule has 236 valence electrons. The van der Waals surface area contributed by atoms with Gasteiger partial charge in [-0.05, 0) is 68.5 Å². The third-order valence-electron chi connectivity index (χ3n) is 5.87. The molecule has 0 amide bonds. The summed E-state index contributed by atoms with van der Waals surface area (Å²) in [4.78, 5) is 48.2. The number of rotatable bonds is 13. The number of hydrogen-bond acceptors (Lipinski definition) is 10. The van der Waals surface area contributed by atoms with E-state index in [9.17, 15) is 19.2 Å². The zero-order chi connectivity index (χ0) is 34.0. The van der Waals surface area contributed by atoms with Crippen LogP contribution in [-0.2, 0) is 28.7 Å². The molecule has 10 nitrogen and oxygen atoms in total. The SMILES string of the molecule is C=C(C)C(=O)O/C=C\Oc1ccc(-c2cccc3c(O/C=C\OC(=O)C(=C)C)c(OC(=O)C(=C)C)ccc23)cc1OC(=O)C(=C)C. The molecular weight excluding hydrogens is 592 g/mol. The zero-order valence-corrected chi connectivity index (χ0v) is 25.8. The minimum absolute atomic E-state index is 0.0594. The Morgan fingerprint density at radius 3 is 1.63 bits per heavy atom. The highest BCUT2D eigenvalue weighted by Crippen LogP contribution is 2.42. The number of esters is 4. The van der Waals surface area contributed by atoms with Crippen molar-refractivity contribution in [1.82, 2.24) is 0 Å². The van der Waals surface area contributed by atoms with Gasteiger partial charge < -0.3 is 28.4 Å². The van der Waals surface area contributed by atoms with Gasteiger partial charge in [0.15, 0.2) is 23.0 Å². The molecule has 0 saturated carbocycles. The lowest BCUT2D eigenvalue weighted by Gasteiger charge is -2.16. The molecule has 0 aliphatic heterocycles. The van der Waals surface area contributed by atoms with Gasteiger partial charge in [-0.3, -0.25) is 0 Å². The monoisotopic (exact) mass is 624 g/mol. The maximum Gasteiger partial charge on any atom is 0.338 e. The Morgan fingerprint density at radius 2 is 1.07 bits per heavy atom. The van der Waals surface area contributed by atoms with Crippen molar-refractivity contribution in [2.45, 2.75) is 27.7 Å². The van der Waals surface area contributed by atoms with E-state index < -0.39 is 23.9 Å². The van der Waals surface area contributed by atoms with Crippen LogP contribution in [0.1, 0.15) is 27.7 Å². The second kappa shape index (κ2) is 15.5. The molecular formula is C36H32O10. The molecule has 0 spiro atoms. The Balaban J connectivity index is 2.09. The quantitative estimate of drug-likeness (QED) is 0.0822. The first-order valence-electron chi connectivity index (χ1n) is 13.6. The Hall–Kier alpha value is -6.16. The van der Waals surface area contributed by atoms with Crippen molar-refractivity contribution < 1.29 is 47.6 Å². The number of hydrogen-bond donors (Lipinski definition) is 0. The summed E-state index contributed by atoms with van der Waals surface area (Å²) in [5.74, 6) is -2.18. The first kappa shape index (κ1) is 34.3.